The summed E-state index contributed by atoms with van der Waals surface area (Å²) in [5.41, 5.74) is 6.34. The van der Waals surface area contributed by atoms with Gasteiger partial charge in [-0.15, -0.1) is 0 Å². The number of phenolic OH excluding ortho intramolecular Hbond substituents is 1. The van der Waals surface area contributed by atoms with Crippen molar-refractivity contribution in [2.24, 2.45) is 5.73 Å². The summed E-state index contributed by atoms with van der Waals surface area (Å²) in [6, 6.07) is 6.16. The molecule has 1 atom stereocenters. The zero-order valence-corrected chi connectivity index (χ0v) is 23.5. The number of nitrogens with two attached hydrogens (primary N) is 1. The number of aromatic hydroxyl groups is 1. The van der Waals surface area contributed by atoms with E-state index < -0.39 is 12.0 Å². The van der Waals surface area contributed by atoms with Gasteiger partial charge < -0.3 is 25.5 Å². The molecule has 0 fully saturated rings. The molecule has 2 aromatic carbocycles. The number of benzene rings is 2. The molecule has 0 aliphatic heterocycles. The van der Waals surface area contributed by atoms with Gasteiger partial charge in [0.1, 0.15) is 11.5 Å². The maximum Gasteiger partial charge on any atom is 1.00 e. The molecule has 0 aliphatic carbocycles. The zero-order valence-electron chi connectivity index (χ0n) is 12.9. The molecule has 5 nitrogen and oxygen atoms in total. The molecule has 0 aromatic heterocycles. The molecule has 25 heavy (non-hydrogen) atoms. The third-order valence-corrected chi connectivity index (χ3v) is 6.27. The van der Waals surface area contributed by atoms with E-state index in [4.69, 9.17) is 10.5 Å². The summed E-state index contributed by atoms with van der Waals surface area (Å²) >= 11 is 8.37. The van der Waals surface area contributed by atoms with Crippen LogP contribution in [0, 0.1) is 14.3 Å². The van der Waals surface area contributed by atoms with Gasteiger partial charge in [-0.3, -0.25) is 0 Å². The molecule has 1 unspecified atom stereocenters. The fourth-order valence-corrected chi connectivity index (χ4v) is 5.71. The molecule has 0 spiro atoms. The Bertz CT molecular complexity index is 757. The molecule has 0 saturated carbocycles. The van der Waals surface area contributed by atoms with Gasteiger partial charge in [0.05, 0.1) is 20.3 Å². The van der Waals surface area contributed by atoms with Crippen molar-refractivity contribution in [1.82, 2.24) is 0 Å². The van der Waals surface area contributed by atoms with Gasteiger partial charge in [0.25, 0.3) is 0 Å². The van der Waals surface area contributed by atoms with E-state index in [1.54, 1.807) is 12.1 Å². The average molecular weight is 799 g/mol. The van der Waals surface area contributed by atoms with Gasteiger partial charge in [-0.1, -0.05) is 0 Å². The van der Waals surface area contributed by atoms with Gasteiger partial charge in [-0.05, 0) is 127 Å². The monoisotopic (exact) mass is 799 g/mol. The second-order valence-corrected chi connectivity index (χ2v) is 9.50. The predicted octanol–water partition coefficient (Wildman–Crippen LogP) is 0.227. The number of carboxylic acid groups (broad SMARTS) is 1. The van der Waals surface area contributed by atoms with Crippen molar-refractivity contribution in [3.05, 3.63) is 44.1 Å². The van der Waals surface area contributed by atoms with E-state index in [1.807, 2.05) is 57.3 Å². The Balaban J connectivity index is 0.00000312. The van der Waals surface area contributed by atoms with E-state index >= 15 is 0 Å². The van der Waals surface area contributed by atoms with Crippen molar-refractivity contribution < 1.29 is 49.3 Å². The van der Waals surface area contributed by atoms with Crippen LogP contribution in [-0.2, 0) is 11.2 Å². The number of halogens is 4. The summed E-state index contributed by atoms with van der Waals surface area (Å²) in [6.07, 6.45) is 0.198. The van der Waals surface area contributed by atoms with Crippen molar-refractivity contribution in [2.45, 2.75) is 12.5 Å². The third kappa shape index (κ3) is 6.74. The molecule has 128 valence electrons. The Labute approximate surface area is 221 Å². The van der Waals surface area contributed by atoms with Crippen LogP contribution in [0.2, 0.25) is 0 Å². The Morgan fingerprint density at radius 1 is 1.08 bits per heavy atom. The van der Waals surface area contributed by atoms with Crippen LogP contribution in [-0.4, -0.2) is 17.1 Å². The van der Waals surface area contributed by atoms with Crippen molar-refractivity contribution in [3.63, 3.8) is 0 Å². The van der Waals surface area contributed by atoms with Gasteiger partial charge in [-0.25, -0.2) is 0 Å². The molecular formula is C15H10I4NNaO4. The first-order valence-electron chi connectivity index (χ1n) is 6.49. The maximum atomic E-state index is 10.8. The molecule has 10 heteroatoms. The Hall–Kier alpha value is 1.39. The summed E-state index contributed by atoms with van der Waals surface area (Å²) in [6.45, 7) is 0. The second kappa shape index (κ2) is 10.8. The van der Waals surface area contributed by atoms with Crippen molar-refractivity contribution in [1.29, 1.82) is 0 Å². The van der Waals surface area contributed by atoms with E-state index in [-0.39, 0.29) is 41.7 Å². The van der Waals surface area contributed by atoms with Crippen LogP contribution in [0.1, 0.15) is 5.56 Å². The number of carbonyl (C=O) groups is 1. The molecule has 0 amide bonds. The quantitative estimate of drug-likeness (QED) is 0.334. The number of phenols is 1. The Kier molecular flexibility index (Phi) is 10.6. The Morgan fingerprint density at radius 2 is 1.56 bits per heavy atom. The molecule has 3 N–H and O–H groups in total. The topological polar surface area (TPSA) is 95.6 Å². The first kappa shape index (κ1) is 24.4. The number of carbonyl (C=O) groups excluding carboxylic acids is 1. The summed E-state index contributed by atoms with van der Waals surface area (Å²) in [5, 5.41) is 20.6. The number of hydrogen-bond donors (Lipinski definition) is 2. The number of rotatable bonds is 5. The summed E-state index contributed by atoms with van der Waals surface area (Å²) < 4.78 is 9.07. The van der Waals surface area contributed by atoms with Gasteiger partial charge in [0.15, 0.2) is 5.75 Å². The second-order valence-electron chi connectivity index (χ2n) is 4.86. The van der Waals surface area contributed by atoms with Crippen LogP contribution in [0.15, 0.2) is 24.3 Å². The smallest absolute Gasteiger partial charge is 0.548 e. The van der Waals surface area contributed by atoms with E-state index in [2.05, 4.69) is 45.2 Å². The minimum Gasteiger partial charge on any atom is -0.548 e. The molecule has 2 aromatic rings. The molecule has 0 radical (unpaired) electrons. The van der Waals surface area contributed by atoms with Crippen LogP contribution in [0.4, 0.5) is 0 Å². The van der Waals surface area contributed by atoms with Crippen molar-refractivity contribution in [2.75, 3.05) is 0 Å². The largest absolute Gasteiger partial charge is 1.00 e. The van der Waals surface area contributed by atoms with E-state index in [0.29, 0.717) is 18.6 Å². The number of aliphatic carboxylic acids is 1. The van der Waals surface area contributed by atoms with Gasteiger partial charge in [-0.2, -0.15) is 0 Å². The zero-order chi connectivity index (χ0) is 18.0. The number of carboxylic acids is 1. The van der Waals surface area contributed by atoms with E-state index in [0.717, 1.165) is 12.7 Å². The standard InChI is InChI=1S/C15H11I4NO4.Na/c16-8-4-7(5-9(17)13(8)21)24-14-10(18)1-6(2-11(14)19)3-12(20)15(22)23;/h1-2,4-5,12,21H,3,20H2,(H,22,23);/q;+1/p-1. The Morgan fingerprint density at radius 3 is 2.00 bits per heavy atom. The summed E-state index contributed by atoms with van der Waals surface area (Å²) in [5.74, 6) is 0.268. The van der Waals surface area contributed by atoms with Gasteiger partial charge in [0, 0.05) is 6.04 Å². The van der Waals surface area contributed by atoms with Crippen LogP contribution in [0.5, 0.6) is 17.2 Å². The van der Waals surface area contributed by atoms with Crippen LogP contribution in [0.3, 0.4) is 0 Å². The minimum absolute atomic E-state index is 0. The third-order valence-electron chi connectivity index (χ3n) is 3.03. The fourth-order valence-electron chi connectivity index (χ4n) is 1.88. The SMILES string of the molecule is NC(Cc1cc(I)c(Oc2cc(I)c(O)c(I)c2)c(I)c1)C(=O)[O-].[Na+]. The molecule has 2 rings (SSSR count). The molecule has 0 aliphatic rings. The number of hydrogen-bond acceptors (Lipinski definition) is 5. The van der Waals surface area contributed by atoms with Crippen molar-refractivity contribution in [3.8, 4) is 17.2 Å². The molecule has 0 heterocycles. The van der Waals surface area contributed by atoms with Crippen LogP contribution >= 0.6 is 90.4 Å². The first-order chi connectivity index (χ1) is 11.2. The number of ether oxygens (including phenoxy) is 1. The normalized spacial score (nSPS) is 11.6. The first-order valence-corrected chi connectivity index (χ1v) is 10.8. The predicted molar refractivity (Wildman–Crippen MR) is 122 cm³/mol. The fraction of sp³-hybridized carbons (Fsp3) is 0.133. The van der Waals surface area contributed by atoms with Gasteiger partial charge >= 0.3 is 29.6 Å². The molecule has 0 bridgehead atoms. The minimum atomic E-state index is -1.27. The van der Waals surface area contributed by atoms with Crippen molar-refractivity contribution >= 4 is 96.3 Å². The van der Waals surface area contributed by atoms with Crippen LogP contribution < -0.4 is 45.1 Å². The van der Waals surface area contributed by atoms with E-state index in [1.165, 1.54) is 0 Å². The maximum absolute atomic E-state index is 10.8. The summed E-state index contributed by atoms with van der Waals surface area (Å²) in [4.78, 5) is 10.8. The molecular weight excluding hydrogens is 789 g/mol. The van der Waals surface area contributed by atoms with Gasteiger partial charge in [0.2, 0.25) is 0 Å². The van der Waals surface area contributed by atoms with E-state index in [9.17, 15) is 15.0 Å². The molecule has 0 saturated heterocycles. The summed E-state index contributed by atoms with van der Waals surface area (Å²) in [7, 11) is 0. The van der Waals surface area contributed by atoms with Crippen LogP contribution in [0.25, 0.3) is 0 Å². The average Bonchev–Trinajstić information content (AvgIpc) is 2.48.